The molecule has 1 aliphatic rings. The predicted molar refractivity (Wildman–Crippen MR) is 116 cm³/mol. The van der Waals surface area contributed by atoms with Gasteiger partial charge in [0.15, 0.2) is 0 Å². The molecule has 0 radical (unpaired) electrons. The zero-order chi connectivity index (χ0) is 21.4. The minimum Gasteiger partial charge on any atom is -0.508 e. The maximum absolute atomic E-state index is 9.99. The molecule has 5 rings (SSSR count). The molecule has 0 saturated heterocycles. The zero-order valence-electron chi connectivity index (χ0n) is 16.9. The van der Waals surface area contributed by atoms with Gasteiger partial charge in [-0.15, -0.1) is 0 Å². The molecule has 0 aliphatic carbocycles. The maximum atomic E-state index is 9.99. The van der Waals surface area contributed by atoms with Crippen LogP contribution in [0.15, 0.2) is 79.1 Å². The number of rotatable bonds is 4. The lowest BCUT2D eigenvalue weighted by Crippen LogP contribution is -2.30. The lowest BCUT2D eigenvalue weighted by Gasteiger charge is -2.29. The fourth-order valence-corrected chi connectivity index (χ4v) is 4.08. The van der Waals surface area contributed by atoms with Gasteiger partial charge in [-0.1, -0.05) is 54.6 Å². The van der Waals surface area contributed by atoms with Crippen molar-refractivity contribution in [2.75, 3.05) is 7.11 Å². The number of hydrogen-bond acceptors (Lipinski definition) is 5. The molecular formula is C25H21N3O3. The molecule has 2 heterocycles. The summed E-state index contributed by atoms with van der Waals surface area (Å²) in [7, 11) is 1.64. The van der Waals surface area contributed by atoms with Crippen LogP contribution < -0.4 is 15.0 Å². The Balaban J connectivity index is 1.72. The highest BCUT2D eigenvalue weighted by Gasteiger charge is 2.33. The van der Waals surface area contributed by atoms with E-state index in [1.54, 1.807) is 25.6 Å². The second-order valence-corrected chi connectivity index (χ2v) is 7.42. The molecule has 0 bridgehead atoms. The SMILES string of the molecule is COc1ccccc1C1c2ccc(O)cc2Oc2ncn(Cc3ccccc3)c(=N)c21. The third-order valence-electron chi connectivity index (χ3n) is 5.54. The highest BCUT2D eigenvalue weighted by molar-refractivity contribution is 5.59. The fourth-order valence-electron chi connectivity index (χ4n) is 4.08. The van der Waals surface area contributed by atoms with Crippen molar-refractivity contribution in [3.8, 4) is 23.1 Å². The summed E-state index contributed by atoms with van der Waals surface area (Å²) >= 11 is 0. The Kier molecular flexibility index (Phi) is 4.67. The van der Waals surface area contributed by atoms with Gasteiger partial charge in [0.05, 0.1) is 25.1 Å². The van der Waals surface area contributed by atoms with Crippen LogP contribution in [-0.4, -0.2) is 21.8 Å². The van der Waals surface area contributed by atoms with E-state index in [9.17, 15) is 5.11 Å². The molecule has 2 N–H and O–H groups in total. The third kappa shape index (κ3) is 3.32. The van der Waals surface area contributed by atoms with E-state index in [-0.39, 0.29) is 11.7 Å². The minimum absolute atomic E-state index is 0.113. The van der Waals surface area contributed by atoms with Crippen molar-refractivity contribution in [1.29, 1.82) is 5.41 Å². The van der Waals surface area contributed by atoms with Crippen LogP contribution in [0.25, 0.3) is 0 Å². The van der Waals surface area contributed by atoms with Gasteiger partial charge in [0.1, 0.15) is 29.1 Å². The van der Waals surface area contributed by atoms with Gasteiger partial charge in [-0.2, -0.15) is 0 Å². The summed E-state index contributed by atoms with van der Waals surface area (Å²) in [6.45, 7) is 0.529. The average Bonchev–Trinajstić information content (AvgIpc) is 2.80. The van der Waals surface area contributed by atoms with Gasteiger partial charge in [-0.3, -0.25) is 5.41 Å². The van der Waals surface area contributed by atoms with Crippen molar-refractivity contribution in [2.45, 2.75) is 12.5 Å². The number of para-hydroxylation sites is 1. The molecule has 1 aliphatic heterocycles. The Labute approximate surface area is 179 Å². The van der Waals surface area contributed by atoms with Gasteiger partial charge in [-0.05, 0) is 17.7 Å². The Bertz CT molecular complexity index is 1320. The molecule has 154 valence electrons. The largest absolute Gasteiger partial charge is 0.508 e. The molecule has 1 unspecified atom stereocenters. The quantitative estimate of drug-likeness (QED) is 0.459. The number of ether oxygens (including phenoxy) is 2. The molecule has 6 heteroatoms. The van der Waals surface area contributed by atoms with Crippen LogP contribution in [0.4, 0.5) is 0 Å². The number of phenolic OH excluding ortho intramolecular Hbond substituents is 1. The van der Waals surface area contributed by atoms with Gasteiger partial charge in [0, 0.05) is 17.2 Å². The van der Waals surface area contributed by atoms with Crippen LogP contribution >= 0.6 is 0 Å². The first-order valence-corrected chi connectivity index (χ1v) is 9.97. The predicted octanol–water partition coefficient (Wildman–Crippen LogP) is 4.41. The standard InChI is InChI=1S/C25H21N3O3/c1-30-20-10-6-5-9-18(20)22-19-12-11-17(29)13-21(19)31-25-23(22)24(26)28(15-27-25)14-16-7-3-2-4-8-16/h2-13,15,22,26,29H,14H2,1H3. The number of nitrogens with zero attached hydrogens (tertiary/aromatic N) is 2. The summed E-state index contributed by atoms with van der Waals surface area (Å²) < 4.78 is 13.5. The summed E-state index contributed by atoms with van der Waals surface area (Å²) in [5.74, 6) is 1.40. The molecule has 0 saturated carbocycles. The smallest absolute Gasteiger partial charge is 0.228 e. The van der Waals surface area contributed by atoms with Gasteiger partial charge < -0.3 is 19.1 Å². The summed E-state index contributed by atoms with van der Waals surface area (Å²) in [6.07, 6.45) is 1.63. The van der Waals surface area contributed by atoms with Crippen molar-refractivity contribution < 1.29 is 14.6 Å². The maximum Gasteiger partial charge on any atom is 0.228 e. The van der Waals surface area contributed by atoms with Crippen LogP contribution in [-0.2, 0) is 6.54 Å². The molecule has 0 fully saturated rings. The highest BCUT2D eigenvalue weighted by Crippen LogP contribution is 2.47. The first-order chi connectivity index (χ1) is 15.2. The van der Waals surface area contributed by atoms with E-state index in [1.165, 1.54) is 0 Å². The molecule has 0 spiro atoms. The van der Waals surface area contributed by atoms with Crippen molar-refractivity contribution >= 4 is 0 Å². The Hall–Kier alpha value is -4.06. The normalized spacial score (nSPS) is 14.3. The van der Waals surface area contributed by atoms with Gasteiger partial charge >= 0.3 is 0 Å². The number of fused-ring (bicyclic) bond motifs is 2. The zero-order valence-corrected chi connectivity index (χ0v) is 16.9. The second-order valence-electron chi connectivity index (χ2n) is 7.42. The topological polar surface area (TPSA) is 80.4 Å². The molecule has 31 heavy (non-hydrogen) atoms. The van der Waals surface area contributed by atoms with Gasteiger partial charge in [0.25, 0.3) is 0 Å². The molecule has 0 amide bonds. The van der Waals surface area contributed by atoms with E-state index in [4.69, 9.17) is 14.9 Å². The summed E-state index contributed by atoms with van der Waals surface area (Å²) in [5, 5.41) is 19.0. The number of aromatic nitrogens is 2. The van der Waals surface area contributed by atoms with Crippen LogP contribution in [0, 0.1) is 5.41 Å². The number of hydrogen-bond donors (Lipinski definition) is 2. The Morgan fingerprint density at radius 3 is 2.61 bits per heavy atom. The Morgan fingerprint density at radius 1 is 1.03 bits per heavy atom. The minimum atomic E-state index is -0.321. The number of methoxy groups -OCH3 is 1. The van der Waals surface area contributed by atoms with Crippen LogP contribution in [0.2, 0.25) is 0 Å². The molecule has 3 aromatic carbocycles. The van der Waals surface area contributed by atoms with E-state index >= 15 is 0 Å². The summed E-state index contributed by atoms with van der Waals surface area (Å²) in [5.41, 5.74) is 3.83. The van der Waals surface area contributed by atoms with Crippen LogP contribution in [0.5, 0.6) is 23.1 Å². The van der Waals surface area contributed by atoms with E-state index in [1.807, 2.05) is 65.2 Å². The van der Waals surface area contributed by atoms with Gasteiger partial charge in [0.2, 0.25) is 5.88 Å². The lowest BCUT2D eigenvalue weighted by molar-refractivity contribution is 0.398. The number of nitrogens with one attached hydrogen (secondary N) is 1. The first kappa shape index (κ1) is 18.9. The molecule has 1 atom stereocenters. The first-order valence-electron chi connectivity index (χ1n) is 9.97. The summed E-state index contributed by atoms with van der Waals surface area (Å²) in [4.78, 5) is 4.53. The highest BCUT2D eigenvalue weighted by atomic mass is 16.5. The lowest BCUT2D eigenvalue weighted by atomic mass is 9.83. The number of benzene rings is 3. The van der Waals surface area contributed by atoms with Crippen molar-refractivity contribution in [3.63, 3.8) is 0 Å². The van der Waals surface area contributed by atoms with E-state index in [2.05, 4.69) is 4.98 Å². The molecular weight excluding hydrogens is 390 g/mol. The summed E-state index contributed by atoms with van der Waals surface area (Å²) in [6, 6.07) is 22.8. The molecule has 1 aromatic heterocycles. The monoisotopic (exact) mass is 411 g/mol. The number of phenols is 1. The van der Waals surface area contributed by atoms with E-state index in [0.717, 1.165) is 22.4 Å². The molecule has 6 nitrogen and oxygen atoms in total. The fraction of sp³-hybridized carbons (Fsp3) is 0.120. The number of aromatic hydroxyl groups is 1. The van der Waals surface area contributed by atoms with Crippen molar-refractivity contribution in [2.24, 2.45) is 0 Å². The van der Waals surface area contributed by atoms with E-state index in [0.29, 0.717) is 29.2 Å². The van der Waals surface area contributed by atoms with Crippen molar-refractivity contribution in [1.82, 2.24) is 9.55 Å². The molecule has 4 aromatic rings. The van der Waals surface area contributed by atoms with E-state index < -0.39 is 0 Å². The van der Waals surface area contributed by atoms with Crippen molar-refractivity contribution in [3.05, 3.63) is 107 Å². The second kappa shape index (κ2) is 7.65. The van der Waals surface area contributed by atoms with Crippen LogP contribution in [0.1, 0.15) is 28.2 Å². The van der Waals surface area contributed by atoms with Crippen LogP contribution in [0.3, 0.4) is 0 Å². The van der Waals surface area contributed by atoms with Gasteiger partial charge in [-0.25, -0.2) is 4.98 Å². The average molecular weight is 411 g/mol. The third-order valence-corrected chi connectivity index (χ3v) is 5.54. The Morgan fingerprint density at radius 2 is 1.81 bits per heavy atom.